The Bertz CT molecular complexity index is 586. The smallest absolute Gasteiger partial charge is 0.260 e. The lowest BCUT2D eigenvalue weighted by molar-refractivity contribution is -0.147. The molecule has 1 aliphatic carbocycles. The van der Waals surface area contributed by atoms with Crippen molar-refractivity contribution in [2.45, 2.75) is 57.4 Å². The van der Waals surface area contributed by atoms with Crippen LogP contribution in [0.3, 0.4) is 0 Å². The number of nitrogens with zero attached hydrogens (tertiary/aromatic N) is 1. The summed E-state index contributed by atoms with van der Waals surface area (Å²) in [6, 6.07) is 8.12. The number of rotatable bonds is 6. The average molecular weight is 345 g/mol. The molecule has 5 heteroatoms. The van der Waals surface area contributed by atoms with Gasteiger partial charge in [0.05, 0.1) is 6.67 Å². The maximum Gasteiger partial charge on any atom is 0.260 e. The minimum Gasteiger partial charge on any atom is -0.491 e. The Morgan fingerprint density at radius 1 is 1.24 bits per heavy atom. The monoisotopic (exact) mass is 345 g/mol. The summed E-state index contributed by atoms with van der Waals surface area (Å²) in [5.41, 5.74) is 3.61. The van der Waals surface area contributed by atoms with Gasteiger partial charge in [-0.05, 0) is 30.4 Å². The van der Waals surface area contributed by atoms with E-state index in [1.54, 1.807) is 12.1 Å². The van der Waals surface area contributed by atoms with Crippen molar-refractivity contribution in [3.05, 3.63) is 29.8 Å². The van der Waals surface area contributed by atoms with Crippen molar-refractivity contribution >= 4 is 5.91 Å². The fourth-order valence-corrected chi connectivity index (χ4v) is 4.15. The van der Waals surface area contributed by atoms with E-state index >= 15 is 0 Å². The van der Waals surface area contributed by atoms with Gasteiger partial charge in [-0.25, -0.2) is 5.43 Å². The Balaban J connectivity index is 1.77. The zero-order valence-corrected chi connectivity index (χ0v) is 15.5. The van der Waals surface area contributed by atoms with Gasteiger partial charge < -0.3 is 4.74 Å². The van der Waals surface area contributed by atoms with Crippen LogP contribution in [-0.4, -0.2) is 36.8 Å². The number of amides is 1. The maximum atomic E-state index is 13.0. The number of nitrogens with one attached hydrogen (secondary N) is 2. The standard InChI is InChI=1S/C20H31N3O2/c1-3-17-11-7-8-12-18(17)25-14-20(13-16-9-5-4-6-10-16)19(24)23(2)22-15-21-20/h7-8,11-12,16,21-22H,3-6,9-10,13-15H2,1-2H3. The molecule has 0 radical (unpaired) electrons. The predicted octanol–water partition coefficient (Wildman–Crippen LogP) is 2.86. The lowest BCUT2D eigenvalue weighted by Gasteiger charge is -2.43. The first-order valence-corrected chi connectivity index (χ1v) is 9.62. The van der Waals surface area contributed by atoms with Gasteiger partial charge in [0.25, 0.3) is 5.91 Å². The molecule has 1 aromatic rings. The topological polar surface area (TPSA) is 53.6 Å². The molecular weight excluding hydrogens is 314 g/mol. The molecule has 1 heterocycles. The highest BCUT2D eigenvalue weighted by Gasteiger charge is 2.45. The molecule has 1 unspecified atom stereocenters. The van der Waals surface area contributed by atoms with Crippen molar-refractivity contribution < 1.29 is 9.53 Å². The van der Waals surface area contributed by atoms with Gasteiger partial charge in [-0.1, -0.05) is 57.2 Å². The van der Waals surface area contributed by atoms with E-state index in [9.17, 15) is 4.79 Å². The molecule has 25 heavy (non-hydrogen) atoms. The van der Waals surface area contributed by atoms with Crippen LogP contribution in [0.1, 0.15) is 51.0 Å². The number of carbonyl (C=O) groups is 1. The molecule has 3 rings (SSSR count). The number of hydrazine groups is 1. The van der Waals surface area contributed by atoms with Crippen LogP contribution in [0.5, 0.6) is 5.75 Å². The lowest BCUT2D eigenvalue weighted by atomic mass is 9.78. The van der Waals surface area contributed by atoms with Crippen LogP contribution in [-0.2, 0) is 11.2 Å². The van der Waals surface area contributed by atoms with E-state index in [-0.39, 0.29) is 5.91 Å². The molecular formula is C20H31N3O2. The molecule has 1 atom stereocenters. The van der Waals surface area contributed by atoms with E-state index in [0.717, 1.165) is 18.6 Å². The average Bonchev–Trinajstić information content (AvgIpc) is 2.65. The fourth-order valence-electron chi connectivity index (χ4n) is 4.15. The summed E-state index contributed by atoms with van der Waals surface area (Å²) < 4.78 is 6.19. The van der Waals surface area contributed by atoms with E-state index in [1.165, 1.54) is 37.7 Å². The van der Waals surface area contributed by atoms with Gasteiger partial charge in [0.15, 0.2) is 0 Å². The van der Waals surface area contributed by atoms with Crippen LogP contribution in [0.15, 0.2) is 24.3 Å². The molecule has 2 fully saturated rings. The highest BCUT2D eigenvalue weighted by Crippen LogP contribution is 2.33. The van der Waals surface area contributed by atoms with Gasteiger partial charge in [-0.3, -0.25) is 15.1 Å². The molecule has 0 bridgehead atoms. The van der Waals surface area contributed by atoms with Crippen LogP contribution in [0.25, 0.3) is 0 Å². The summed E-state index contributed by atoms with van der Waals surface area (Å²) in [5, 5.41) is 5.06. The Kier molecular flexibility index (Phi) is 5.97. The molecule has 2 aliphatic rings. The number of carbonyl (C=O) groups excluding carboxylic acids is 1. The van der Waals surface area contributed by atoms with Gasteiger partial charge in [0.1, 0.15) is 17.9 Å². The lowest BCUT2D eigenvalue weighted by Crippen LogP contribution is -2.70. The van der Waals surface area contributed by atoms with Crippen molar-refractivity contribution in [2.24, 2.45) is 5.92 Å². The molecule has 1 amide bonds. The van der Waals surface area contributed by atoms with E-state index in [0.29, 0.717) is 19.2 Å². The molecule has 0 aromatic heterocycles. The Hall–Kier alpha value is -1.59. The second-order valence-electron chi connectivity index (χ2n) is 7.42. The van der Waals surface area contributed by atoms with Crippen LogP contribution in [0, 0.1) is 5.92 Å². The highest BCUT2D eigenvalue weighted by molar-refractivity contribution is 5.86. The van der Waals surface area contributed by atoms with Crippen LogP contribution >= 0.6 is 0 Å². The number of hydrogen-bond donors (Lipinski definition) is 2. The summed E-state index contributed by atoms with van der Waals surface area (Å²) in [5.74, 6) is 1.57. The van der Waals surface area contributed by atoms with Crippen LogP contribution in [0.2, 0.25) is 0 Å². The van der Waals surface area contributed by atoms with Gasteiger partial charge in [-0.15, -0.1) is 0 Å². The first-order valence-electron chi connectivity index (χ1n) is 9.62. The maximum absolute atomic E-state index is 13.0. The van der Waals surface area contributed by atoms with E-state index in [1.807, 2.05) is 18.2 Å². The second kappa shape index (κ2) is 8.19. The van der Waals surface area contributed by atoms with Crippen molar-refractivity contribution in [3.63, 3.8) is 0 Å². The Morgan fingerprint density at radius 3 is 2.76 bits per heavy atom. The largest absolute Gasteiger partial charge is 0.491 e. The Morgan fingerprint density at radius 2 is 2.00 bits per heavy atom. The third-order valence-electron chi connectivity index (χ3n) is 5.65. The minimum atomic E-state index is -0.636. The molecule has 0 spiro atoms. The number of aryl methyl sites for hydroxylation is 1. The van der Waals surface area contributed by atoms with Crippen molar-refractivity contribution in [3.8, 4) is 5.75 Å². The molecule has 1 aliphatic heterocycles. The normalized spacial score (nSPS) is 25.2. The SMILES string of the molecule is CCc1ccccc1OCC1(CC2CCCCC2)NCNN(C)C1=O. The highest BCUT2D eigenvalue weighted by atomic mass is 16.5. The van der Waals surface area contributed by atoms with E-state index < -0.39 is 5.54 Å². The summed E-state index contributed by atoms with van der Waals surface area (Å²) in [6.07, 6.45) is 8.11. The fraction of sp³-hybridized carbons (Fsp3) is 0.650. The van der Waals surface area contributed by atoms with Gasteiger partial charge in [-0.2, -0.15) is 0 Å². The number of para-hydroxylation sites is 1. The summed E-state index contributed by atoms with van der Waals surface area (Å²) in [4.78, 5) is 13.0. The zero-order chi connectivity index (χ0) is 17.7. The van der Waals surface area contributed by atoms with Crippen molar-refractivity contribution in [2.75, 3.05) is 20.3 Å². The third-order valence-corrected chi connectivity index (χ3v) is 5.65. The van der Waals surface area contributed by atoms with Crippen molar-refractivity contribution in [1.82, 2.24) is 15.8 Å². The van der Waals surface area contributed by atoms with Gasteiger partial charge in [0, 0.05) is 7.05 Å². The van der Waals surface area contributed by atoms with Crippen molar-refractivity contribution in [1.29, 1.82) is 0 Å². The molecule has 5 nitrogen and oxygen atoms in total. The summed E-state index contributed by atoms with van der Waals surface area (Å²) >= 11 is 0. The van der Waals surface area contributed by atoms with E-state index in [2.05, 4.69) is 23.7 Å². The number of likely N-dealkylation sites (N-methyl/N-ethyl adjacent to an activating group) is 1. The third kappa shape index (κ3) is 4.15. The zero-order valence-electron chi connectivity index (χ0n) is 15.5. The number of benzene rings is 1. The van der Waals surface area contributed by atoms with Gasteiger partial charge in [0.2, 0.25) is 0 Å². The molecule has 2 N–H and O–H groups in total. The molecule has 1 saturated heterocycles. The first kappa shape index (κ1) is 18.2. The molecule has 138 valence electrons. The van der Waals surface area contributed by atoms with Crippen LogP contribution < -0.4 is 15.5 Å². The molecule has 1 aromatic carbocycles. The van der Waals surface area contributed by atoms with Crippen LogP contribution in [0.4, 0.5) is 0 Å². The first-order chi connectivity index (χ1) is 12.1. The second-order valence-corrected chi connectivity index (χ2v) is 7.42. The quantitative estimate of drug-likeness (QED) is 0.832. The van der Waals surface area contributed by atoms with E-state index in [4.69, 9.17) is 4.74 Å². The predicted molar refractivity (Wildman–Crippen MR) is 99.1 cm³/mol. The number of ether oxygens (including phenoxy) is 1. The molecule has 1 saturated carbocycles. The summed E-state index contributed by atoms with van der Waals surface area (Å²) in [7, 11) is 1.80. The summed E-state index contributed by atoms with van der Waals surface area (Å²) in [6.45, 7) is 3.10. The number of hydrogen-bond acceptors (Lipinski definition) is 4. The Labute approximate surface area is 151 Å². The minimum absolute atomic E-state index is 0.0818. The van der Waals surface area contributed by atoms with Gasteiger partial charge >= 0.3 is 0 Å².